The van der Waals surface area contributed by atoms with Crippen LogP contribution >= 0.6 is 0 Å². The molecule has 0 bridgehead atoms. The first-order valence-corrected chi connectivity index (χ1v) is 5.20. The quantitative estimate of drug-likeness (QED) is 0.824. The fraction of sp³-hybridized carbons (Fsp3) is 0.700. The molecule has 0 aromatic carbocycles. The SMILES string of the molecule is CCC(CC)n1ncc(CN)c1C(F)F. The Morgan fingerprint density at radius 3 is 2.40 bits per heavy atom. The maximum absolute atomic E-state index is 12.8. The molecule has 0 fully saturated rings. The van der Waals surface area contributed by atoms with Crippen molar-refractivity contribution in [2.75, 3.05) is 0 Å². The van der Waals surface area contributed by atoms with Crippen molar-refractivity contribution in [1.29, 1.82) is 0 Å². The minimum atomic E-state index is -2.51. The summed E-state index contributed by atoms with van der Waals surface area (Å²) < 4.78 is 27.1. The highest BCUT2D eigenvalue weighted by atomic mass is 19.3. The summed E-state index contributed by atoms with van der Waals surface area (Å²) in [6.45, 7) is 4.04. The molecule has 1 heterocycles. The summed E-state index contributed by atoms with van der Waals surface area (Å²) in [6, 6.07) is 0.0364. The summed E-state index contributed by atoms with van der Waals surface area (Å²) in [7, 11) is 0. The highest BCUT2D eigenvalue weighted by Crippen LogP contribution is 2.27. The molecule has 86 valence electrons. The van der Waals surface area contributed by atoms with Crippen molar-refractivity contribution in [1.82, 2.24) is 9.78 Å². The van der Waals surface area contributed by atoms with Gasteiger partial charge in [-0.1, -0.05) is 13.8 Å². The first-order valence-electron chi connectivity index (χ1n) is 5.20. The summed E-state index contributed by atoms with van der Waals surface area (Å²) in [5.74, 6) is 0. The lowest BCUT2D eigenvalue weighted by Crippen LogP contribution is -2.14. The van der Waals surface area contributed by atoms with Crippen LogP contribution in [0.3, 0.4) is 0 Å². The van der Waals surface area contributed by atoms with Crippen molar-refractivity contribution in [2.24, 2.45) is 5.73 Å². The summed E-state index contributed by atoms with van der Waals surface area (Å²) in [4.78, 5) is 0. The molecule has 3 nitrogen and oxygen atoms in total. The molecule has 2 N–H and O–H groups in total. The van der Waals surface area contributed by atoms with Crippen molar-refractivity contribution in [2.45, 2.75) is 45.7 Å². The average Bonchev–Trinajstić information content (AvgIpc) is 2.63. The largest absolute Gasteiger partial charge is 0.326 e. The van der Waals surface area contributed by atoms with Crippen molar-refractivity contribution in [3.05, 3.63) is 17.5 Å². The molecule has 0 amide bonds. The summed E-state index contributed by atoms with van der Waals surface area (Å²) in [5.41, 5.74) is 5.82. The van der Waals surface area contributed by atoms with Crippen molar-refractivity contribution in [3.63, 3.8) is 0 Å². The van der Waals surface area contributed by atoms with E-state index < -0.39 is 6.43 Å². The molecule has 0 saturated heterocycles. The maximum atomic E-state index is 12.8. The van der Waals surface area contributed by atoms with Crippen molar-refractivity contribution in [3.8, 4) is 0 Å². The van der Waals surface area contributed by atoms with Gasteiger partial charge in [-0.15, -0.1) is 0 Å². The van der Waals surface area contributed by atoms with Crippen LogP contribution in [0.15, 0.2) is 6.20 Å². The molecule has 0 aliphatic carbocycles. The molecular formula is C10H17F2N3. The van der Waals surface area contributed by atoms with E-state index >= 15 is 0 Å². The summed E-state index contributed by atoms with van der Waals surface area (Å²) in [6.07, 6.45) is 0.524. The fourth-order valence-corrected chi connectivity index (χ4v) is 1.73. The molecule has 0 unspecified atom stereocenters. The van der Waals surface area contributed by atoms with E-state index in [9.17, 15) is 8.78 Å². The van der Waals surface area contributed by atoms with Crippen LogP contribution in [0.2, 0.25) is 0 Å². The third kappa shape index (κ3) is 2.34. The Balaban J connectivity index is 3.11. The highest BCUT2D eigenvalue weighted by molar-refractivity contribution is 5.19. The van der Waals surface area contributed by atoms with Crippen LogP contribution in [0.5, 0.6) is 0 Å². The van der Waals surface area contributed by atoms with Gasteiger partial charge in [-0.05, 0) is 12.8 Å². The smallest absolute Gasteiger partial charge is 0.280 e. The molecule has 0 saturated carbocycles. The number of nitrogens with two attached hydrogens (primary N) is 1. The monoisotopic (exact) mass is 217 g/mol. The van der Waals surface area contributed by atoms with E-state index in [4.69, 9.17) is 5.73 Å². The van der Waals surface area contributed by atoms with E-state index in [1.54, 1.807) is 0 Å². The fourth-order valence-electron chi connectivity index (χ4n) is 1.73. The van der Waals surface area contributed by atoms with Crippen molar-refractivity contribution < 1.29 is 8.78 Å². The predicted molar refractivity (Wildman–Crippen MR) is 54.7 cm³/mol. The van der Waals surface area contributed by atoms with Gasteiger partial charge in [-0.3, -0.25) is 4.68 Å². The van der Waals surface area contributed by atoms with Crippen LogP contribution in [-0.4, -0.2) is 9.78 Å². The number of halogens is 2. The Hall–Kier alpha value is -0.970. The summed E-state index contributed by atoms with van der Waals surface area (Å²) in [5, 5.41) is 4.01. The standard InChI is InChI=1S/C10H17F2N3/c1-3-8(4-2)15-9(10(11)12)7(5-13)6-14-15/h6,8,10H,3-5,13H2,1-2H3. The maximum Gasteiger partial charge on any atom is 0.280 e. The van der Waals surface area contributed by atoms with Crippen LogP contribution in [0.1, 0.15) is 50.4 Å². The van der Waals surface area contributed by atoms with Gasteiger partial charge in [0.05, 0.1) is 12.2 Å². The Morgan fingerprint density at radius 2 is 2.00 bits per heavy atom. The highest BCUT2D eigenvalue weighted by Gasteiger charge is 2.22. The number of alkyl halides is 2. The van der Waals surface area contributed by atoms with Crippen LogP contribution < -0.4 is 5.73 Å². The number of hydrogen-bond acceptors (Lipinski definition) is 2. The normalized spacial score (nSPS) is 11.7. The topological polar surface area (TPSA) is 43.8 Å². The van der Waals surface area contributed by atoms with Crippen LogP contribution in [0.25, 0.3) is 0 Å². The van der Waals surface area contributed by atoms with Gasteiger partial charge in [-0.25, -0.2) is 8.78 Å². The Morgan fingerprint density at radius 1 is 1.40 bits per heavy atom. The Labute approximate surface area is 88.3 Å². The number of nitrogens with zero attached hydrogens (tertiary/aromatic N) is 2. The molecule has 0 aliphatic heterocycles. The molecule has 15 heavy (non-hydrogen) atoms. The van der Waals surface area contributed by atoms with Gasteiger partial charge in [0.2, 0.25) is 0 Å². The zero-order valence-corrected chi connectivity index (χ0v) is 9.08. The van der Waals surface area contributed by atoms with Crippen LogP contribution in [-0.2, 0) is 6.54 Å². The van der Waals surface area contributed by atoms with Gasteiger partial charge in [0.15, 0.2) is 0 Å². The second kappa shape index (κ2) is 5.21. The van der Waals surface area contributed by atoms with Gasteiger partial charge >= 0.3 is 0 Å². The number of rotatable bonds is 5. The van der Waals surface area contributed by atoms with E-state index in [2.05, 4.69) is 5.10 Å². The number of aromatic nitrogens is 2. The average molecular weight is 217 g/mol. The van der Waals surface area contributed by atoms with Gasteiger partial charge in [0.1, 0.15) is 5.69 Å². The lowest BCUT2D eigenvalue weighted by Gasteiger charge is -2.16. The second-order valence-corrected chi connectivity index (χ2v) is 3.47. The van der Waals surface area contributed by atoms with Gasteiger partial charge < -0.3 is 5.73 Å². The minimum absolute atomic E-state index is 0.0220. The third-order valence-corrected chi connectivity index (χ3v) is 2.63. The number of hydrogen-bond donors (Lipinski definition) is 1. The lowest BCUT2D eigenvalue weighted by molar-refractivity contribution is 0.134. The minimum Gasteiger partial charge on any atom is -0.326 e. The predicted octanol–water partition coefficient (Wildman–Crippen LogP) is 2.64. The van der Waals surface area contributed by atoms with E-state index in [1.165, 1.54) is 10.9 Å². The van der Waals surface area contributed by atoms with Crippen LogP contribution in [0.4, 0.5) is 8.78 Å². The lowest BCUT2D eigenvalue weighted by atomic mass is 10.1. The molecule has 0 aliphatic rings. The van der Waals surface area contributed by atoms with Crippen LogP contribution in [0, 0.1) is 0 Å². The molecule has 0 spiro atoms. The molecule has 5 heteroatoms. The second-order valence-electron chi connectivity index (χ2n) is 3.47. The third-order valence-electron chi connectivity index (χ3n) is 2.63. The van der Waals surface area contributed by atoms with E-state index in [1.807, 2.05) is 13.8 Å². The van der Waals surface area contributed by atoms with Crippen molar-refractivity contribution >= 4 is 0 Å². The van der Waals surface area contributed by atoms with Gasteiger partial charge in [0.25, 0.3) is 6.43 Å². The molecule has 0 atom stereocenters. The molecular weight excluding hydrogens is 200 g/mol. The van der Waals surface area contributed by atoms with Gasteiger partial charge in [0, 0.05) is 12.1 Å². The Bertz CT molecular complexity index is 306. The Kier molecular flexibility index (Phi) is 4.20. The van der Waals surface area contributed by atoms with Gasteiger partial charge in [-0.2, -0.15) is 5.10 Å². The zero-order valence-electron chi connectivity index (χ0n) is 9.08. The molecule has 1 aromatic rings. The van der Waals surface area contributed by atoms with E-state index in [0.29, 0.717) is 5.56 Å². The zero-order chi connectivity index (χ0) is 11.4. The van der Waals surface area contributed by atoms with E-state index in [0.717, 1.165) is 12.8 Å². The molecule has 0 radical (unpaired) electrons. The molecule has 1 rings (SSSR count). The van der Waals surface area contributed by atoms with E-state index in [-0.39, 0.29) is 18.3 Å². The summed E-state index contributed by atoms with van der Waals surface area (Å²) >= 11 is 0. The molecule has 1 aromatic heterocycles. The first-order chi connectivity index (χ1) is 7.15. The first kappa shape index (κ1) is 12.1.